The second-order valence-electron chi connectivity index (χ2n) is 8.42. The molecule has 38 heavy (non-hydrogen) atoms. The van der Waals surface area contributed by atoms with Crippen LogP contribution in [0.15, 0.2) is 18.2 Å². The molecule has 0 spiro atoms. The lowest BCUT2D eigenvalue weighted by Gasteiger charge is -2.27. The molecule has 0 aliphatic carbocycles. The molecular weight excluding hydrogens is 522 g/mol. The van der Waals surface area contributed by atoms with Crippen LogP contribution >= 0.6 is 11.8 Å². The van der Waals surface area contributed by atoms with Crippen LogP contribution in [-0.2, 0) is 28.6 Å². The van der Waals surface area contributed by atoms with Gasteiger partial charge in [-0.3, -0.25) is 34.2 Å². The van der Waals surface area contributed by atoms with Gasteiger partial charge in [0.25, 0.3) is 11.8 Å². The van der Waals surface area contributed by atoms with Crippen molar-refractivity contribution in [2.24, 2.45) is 0 Å². The fraction of sp³-hybridized carbons (Fsp3) is 0.542. The van der Waals surface area contributed by atoms with Crippen molar-refractivity contribution in [3.05, 3.63) is 29.3 Å². The third kappa shape index (κ3) is 8.20. The maximum Gasteiger partial charge on any atom is 0.264 e. The first kappa shape index (κ1) is 29.5. The van der Waals surface area contributed by atoms with Gasteiger partial charge in [-0.25, -0.2) is 4.84 Å². The van der Waals surface area contributed by atoms with Crippen LogP contribution in [0.25, 0.3) is 0 Å². The van der Waals surface area contributed by atoms with Crippen LogP contribution in [0, 0.1) is 0 Å². The topological polar surface area (TPSA) is 164 Å². The monoisotopic (exact) mass is 553 g/mol. The van der Waals surface area contributed by atoms with Crippen molar-refractivity contribution in [3.8, 4) is 0 Å². The molecule has 0 bridgehead atoms. The highest BCUT2D eigenvalue weighted by Gasteiger charge is 2.45. The Bertz CT molecular complexity index is 1020. The molecule has 208 valence electrons. The van der Waals surface area contributed by atoms with Crippen LogP contribution in [-0.4, -0.2) is 99.8 Å². The summed E-state index contributed by atoms with van der Waals surface area (Å²) in [5.41, 5.74) is 0.887. The number of ether oxygens (including phenoxy) is 3. The average Bonchev–Trinajstić information content (AvgIpc) is 3.15. The summed E-state index contributed by atoms with van der Waals surface area (Å²) in [6.07, 6.45) is 0.430. The van der Waals surface area contributed by atoms with Crippen molar-refractivity contribution < 1.29 is 38.2 Å². The van der Waals surface area contributed by atoms with Crippen LogP contribution in [0.3, 0.4) is 0 Å². The number of benzene rings is 1. The molecular formula is C24H32ClN5O8. The van der Waals surface area contributed by atoms with Crippen LogP contribution in [0.5, 0.6) is 0 Å². The van der Waals surface area contributed by atoms with Gasteiger partial charge in [0.05, 0.1) is 50.8 Å². The van der Waals surface area contributed by atoms with Gasteiger partial charge in [-0.15, -0.1) is 0 Å². The molecule has 14 heteroatoms. The fourth-order valence-electron chi connectivity index (χ4n) is 3.96. The minimum absolute atomic E-state index is 0.0652. The van der Waals surface area contributed by atoms with Gasteiger partial charge in [-0.1, -0.05) is 6.07 Å². The molecule has 13 nitrogen and oxygen atoms in total. The van der Waals surface area contributed by atoms with Gasteiger partial charge in [0.2, 0.25) is 17.7 Å². The van der Waals surface area contributed by atoms with Crippen LogP contribution in [0.1, 0.15) is 40.0 Å². The summed E-state index contributed by atoms with van der Waals surface area (Å²) >= 11 is 5.30. The van der Waals surface area contributed by atoms with E-state index < -0.39 is 29.7 Å². The standard InChI is InChI=1S/C24H32ClN5O8/c25-28-8-7-27-19(31)6-10-36-12-14-38-15-13-37-11-9-26-17-3-1-2-16-21(17)24(35)30(23(16)34)18-4-5-20(32)29-22(18)33/h1-3,18,26,28H,4-15H2,(H,27,31)(H,29,32,33). The van der Waals surface area contributed by atoms with Gasteiger partial charge in [0, 0.05) is 38.2 Å². The highest BCUT2D eigenvalue weighted by Crippen LogP contribution is 2.32. The zero-order chi connectivity index (χ0) is 27.3. The summed E-state index contributed by atoms with van der Waals surface area (Å²) in [6, 6.07) is 3.87. The summed E-state index contributed by atoms with van der Waals surface area (Å²) in [5, 5.41) is 7.97. The van der Waals surface area contributed by atoms with Gasteiger partial charge >= 0.3 is 0 Å². The first-order valence-electron chi connectivity index (χ1n) is 12.4. The van der Waals surface area contributed by atoms with Crippen molar-refractivity contribution >= 4 is 47.0 Å². The number of fused-ring (bicyclic) bond motifs is 1. The molecule has 1 aromatic carbocycles. The van der Waals surface area contributed by atoms with Gasteiger partial charge in [-0.2, -0.15) is 0 Å². The smallest absolute Gasteiger partial charge is 0.264 e. The Balaban J connectivity index is 1.29. The number of carbonyl (C=O) groups is 5. The Morgan fingerprint density at radius 1 is 0.947 bits per heavy atom. The molecule has 1 saturated heterocycles. The van der Waals surface area contributed by atoms with E-state index >= 15 is 0 Å². The molecule has 1 atom stereocenters. The molecule has 2 heterocycles. The number of hydrogen-bond donors (Lipinski definition) is 4. The number of anilines is 1. The number of hydrogen-bond acceptors (Lipinski definition) is 10. The molecule has 1 fully saturated rings. The molecule has 0 saturated carbocycles. The summed E-state index contributed by atoms with van der Waals surface area (Å²) in [6.45, 7) is 3.40. The van der Waals surface area contributed by atoms with E-state index in [0.717, 1.165) is 4.90 Å². The quantitative estimate of drug-likeness (QED) is 0.115. The lowest BCUT2D eigenvalue weighted by Crippen LogP contribution is -2.54. The first-order valence-corrected chi connectivity index (χ1v) is 12.7. The third-order valence-electron chi connectivity index (χ3n) is 5.79. The second kappa shape index (κ2) is 15.3. The van der Waals surface area contributed by atoms with Crippen LogP contribution in [0.2, 0.25) is 0 Å². The highest BCUT2D eigenvalue weighted by atomic mass is 35.5. The summed E-state index contributed by atoms with van der Waals surface area (Å²) in [4.78, 5) is 64.4. The largest absolute Gasteiger partial charge is 0.382 e. The van der Waals surface area contributed by atoms with Gasteiger partial charge in [0.15, 0.2) is 0 Å². The number of nitrogens with one attached hydrogen (secondary N) is 4. The van der Waals surface area contributed by atoms with Crippen molar-refractivity contribution in [1.29, 1.82) is 0 Å². The normalized spacial score (nSPS) is 17.0. The maximum atomic E-state index is 13.1. The minimum Gasteiger partial charge on any atom is -0.382 e. The summed E-state index contributed by atoms with van der Waals surface area (Å²) in [7, 11) is 0. The number of piperidine rings is 1. The van der Waals surface area contributed by atoms with E-state index in [9.17, 15) is 24.0 Å². The summed E-state index contributed by atoms with van der Waals surface area (Å²) in [5.74, 6) is -2.29. The molecule has 1 unspecified atom stereocenters. The minimum atomic E-state index is -1.01. The Hall–Kier alpha value is -3.10. The Morgan fingerprint density at radius 3 is 2.37 bits per heavy atom. The van der Waals surface area contributed by atoms with Crippen LogP contribution < -0.4 is 20.8 Å². The number of carbonyl (C=O) groups excluding carboxylic acids is 5. The predicted octanol–water partition coefficient (Wildman–Crippen LogP) is -0.201. The first-order chi connectivity index (χ1) is 18.4. The van der Waals surface area contributed by atoms with Gasteiger partial charge < -0.3 is 24.8 Å². The zero-order valence-corrected chi connectivity index (χ0v) is 21.6. The molecule has 1 aromatic rings. The van der Waals surface area contributed by atoms with Crippen molar-refractivity contribution in [3.63, 3.8) is 0 Å². The van der Waals surface area contributed by atoms with E-state index in [1.165, 1.54) is 0 Å². The van der Waals surface area contributed by atoms with E-state index in [4.69, 9.17) is 26.0 Å². The van der Waals surface area contributed by atoms with E-state index in [2.05, 4.69) is 20.8 Å². The van der Waals surface area contributed by atoms with E-state index in [1.54, 1.807) is 18.2 Å². The Kier molecular flexibility index (Phi) is 11.9. The van der Waals surface area contributed by atoms with Gasteiger partial charge in [-0.05, 0) is 30.3 Å². The number of amides is 5. The van der Waals surface area contributed by atoms with E-state index in [1.807, 2.05) is 0 Å². The molecule has 2 aliphatic heterocycles. The predicted molar refractivity (Wildman–Crippen MR) is 136 cm³/mol. The van der Waals surface area contributed by atoms with E-state index in [-0.39, 0.29) is 36.3 Å². The van der Waals surface area contributed by atoms with Crippen molar-refractivity contribution in [1.82, 2.24) is 20.4 Å². The van der Waals surface area contributed by atoms with Crippen LogP contribution in [0.4, 0.5) is 5.69 Å². The number of imide groups is 2. The molecule has 4 N–H and O–H groups in total. The molecule has 3 rings (SSSR count). The lowest BCUT2D eigenvalue weighted by atomic mass is 10.0. The fourth-order valence-corrected chi connectivity index (χ4v) is 4.06. The van der Waals surface area contributed by atoms with E-state index in [0.29, 0.717) is 65.0 Å². The molecule has 5 amide bonds. The number of rotatable bonds is 17. The molecule has 0 radical (unpaired) electrons. The number of nitrogens with zero attached hydrogens (tertiary/aromatic N) is 1. The van der Waals surface area contributed by atoms with Gasteiger partial charge in [0.1, 0.15) is 6.04 Å². The number of halogens is 1. The highest BCUT2D eigenvalue weighted by molar-refractivity contribution is 6.25. The van der Waals surface area contributed by atoms with Crippen molar-refractivity contribution in [2.75, 3.05) is 64.6 Å². The second-order valence-corrected chi connectivity index (χ2v) is 8.69. The van der Waals surface area contributed by atoms with Crippen molar-refractivity contribution in [2.45, 2.75) is 25.3 Å². The zero-order valence-electron chi connectivity index (χ0n) is 20.9. The molecule has 2 aliphatic rings. The summed E-state index contributed by atoms with van der Waals surface area (Å²) < 4.78 is 16.3. The Labute approximate surface area is 225 Å². The molecule has 0 aromatic heterocycles. The Morgan fingerprint density at radius 2 is 1.66 bits per heavy atom. The maximum absolute atomic E-state index is 13.1. The SMILES string of the molecule is O=C(CCOCCOCCOCCNc1cccc2c1C(=O)N(C1CCC(=O)NC1=O)C2=O)NCCNCl. The lowest BCUT2D eigenvalue weighted by molar-refractivity contribution is -0.136. The third-order valence-corrected chi connectivity index (χ3v) is 5.98. The average molecular weight is 554 g/mol.